The molecule has 5 unspecified atom stereocenters. The van der Waals surface area contributed by atoms with Crippen LogP contribution in [0.5, 0.6) is 0 Å². The molecule has 0 saturated heterocycles. The average Bonchev–Trinajstić information content (AvgIpc) is 3.01. The first kappa shape index (κ1) is 13.9. The summed E-state index contributed by atoms with van der Waals surface area (Å²) < 4.78 is 6.02. The summed E-state index contributed by atoms with van der Waals surface area (Å²) in [6, 6.07) is 1.50. The second kappa shape index (κ2) is 5.37. The van der Waals surface area contributed by atoms with E-state index in [-0.39, 0.29) is 0 Å². The molecule has 1 N–H and O–H groups in total. The normalized spacial score (nSPS) is 44.7. The van der Waals surface area contributed by atoms with Crippen molar-refractivity contribution in [2.24, 2.45) is 17.3 Å². The third-order valence-electron chi connectivity index (χ3n) is 6.57. The first-order valence-corrected chi connectivity index (χ1v) is 8.55. The molecule has 5 atom stereocenters. The molecule has 3 fully saturated rings. The quantitative estimate of drug-likeness (QED) is 0.836. The minimum absolute atomic E-state index is 0.502. The lowest BCUT2D eigenvalue weighted by Crippen LogP contribution is -2.64. The Bertz CT molecular complexity index is 310. The molecule has 0 heterocycles. The van der Waals surface area contributed by atoms with Gasteiger partial charge in [0.1, 0.15) is 0 Å². The average molecular weight is 265 g/mol. The topological polar surface area (TPSA) is 21.3 Å². The summed E-state index contributed by atoms with van der Waals surface area (Å²) in [4.78, 5) is 0. The fourth-order valence-corrected chi connectivity index (χ4v) is 4.98. The second-order valence-electron chi connectivity index (χ2n) is 7.36. The highest BCUT2D eigenvalue weighted by Crippen LogP contribution is 2.55. The van der Waals surface area contributed by atoms with Crippen LogP contribution < -0.4 is 5.32 Å². The van der Waals surface area contributed by atoms with Crippen molar-refractivity contribution in [1.82, 2.24) is 5.32 Å². The van der Waals surface area contributed by atoms with E-state index >= 15 is 0 Å². The van der Waals surface area contributed by atoms with Gasteiger partial charge in [-0.2, -0.15) is 0 Å². The van der Waals surface area contributed by atoms with Crippen molar-refractivity contribution in [1.29, 1.82) is 0 Å². The molecule has 19 heavy (non-hydrogen) atoms. The van der Waals surface area contributed by atoms with E-state index < -0.39 is 0 Å². The zero-order chi connectivity index (χ0) is 13.5. The van der Waals surface area contributed by atoms with Crippen LogP contribution in [0.1, 0.15) is 65.7 Å². The van der Waals surface area contributed by atoms with Crippen LogP contribution in [0, 0.1) is 17.3 Å². The molecule has 0 amide bonds. The SMILES string of the molecule is CCOC1CC(NC2CCC(C)C2C)C12CCCC2. The van der Waals surface area contributed by atoms with E-state index in [0.29, 0.717) is 11.5 Å². The number of nitrogens with one attached hydrogen (secondary N) is 1. The van der Waals surface area contributed by atoms with Gasteiger partial charge in [0.25, 0.3) is 0 Å². The summed E-state index contributed by atoms with van der Waals surface area (Å²) in [6.45, 7) is 7.89. The molecule has 3 aliphatic carbocycles. The Kier molecular flexibility index (Phi) is 3.92. The molecule has 0 bridgehead atoms. The third-order valence-corrected chi connectivity index (χ3v) is 6.57. The van der Waals surface area contributed by atoms with Crippen molar-refractivity contribution in [3.63, 3.8) is 0 Å². The Balaban J connectivity index is 1.62. The van der Waals surface area contributed by atoms with E-state index in [1.165, 1.54) is 44.9 Å². The maximum atomic E-state index is 6.02. The first-order valence-electron chi connectivity index (χ1n) is 8.55. The lowest BCUT2D eigenvalue weighted by Gasteiger charge is -2.55. The van der Waals surface area contributed by atoms with Crippen LogP contribution in [-0.4, -0.2) is 24.8 Å². The smallest absolute Gasteiger partial charge is 0.0661 e. The molecule has 0 aromatic heterocycles. The number of hydrogen-bond acceptors (Lipinski definition) is 2. The molecular weight excluding hydrogens is 234 g/mol. The van der Waals surface area contributed by atoms with Crippen molar-refractivity contribution < 1.29 is 4.74 Å². The van der Waals surface area contributed by atoms with Gasteiger partial charge >= 0.3 is 0 Å². The molecule has 0 aromatic carbocycles. The molecule has 1 spiro atoms. The molecule has 0 aliphatic heterocycles. The van der Waals surface area contributed by atoms with Crippen LogP contribution in [0.3, 0.4) is 0 Å². The lowest BCUT2D eigenvalue weighted by molar-refractivity contribution is -0.133. The number of ether oxygens (including phenoxy) is 1. The predicted molar refractivity (Wildman–Crippen MR) is 79.2 cm³/mol. The van der Waals surface area contributed by atoms with Gasteiger partial charge in [-0.15, -0.1) is 0 Å². The Morgan fingerprint density at radius 3 is 2.47 bits per heavy atom. The molecule has 3 saturated carbocycles. The van der Waals surface area contributed by atoms with E-state index in [4.69, 9.17) is 4.74 Å². The fraction of sp³-hybridized carbons (Fsp3) is 1.00. The van der Waals surface area contributed by atoms with Gasteiger partial charge in [-0.05, 0) is 50.9 Å². The van der Waals surface area contributed by atoms with Crippen molar-refractivity contribution in [2.45, 2.75) is 83.9 Å². The van der Waals surface area contributed by atoms with Gasteiger partial charge in [0.2, 0.25) is 0 Å². The van der Waals surface area contributed by atoms with Crippen molar-refractivity contribution in [2.75, 3.05) is 6.61 Å². The summed E-state index contributed by atoms with van der Waals surface area (Å²) in [5, 5.41) is 4.04. The minimum Gasteiger partial charge on any atom is -0.378 e. The van der Waals surface area contributed by atoms with Crippen LogP contribution in [-0.2, 0) is 4.74 Å². The maximum Gasteiger partial charge on any atom is 0.0661 e. The summed E-state index contributed by atoms with van der Waals surface area (Å²) >= 11 is 0. The second-order valence-corrected chi connectivity index (χ2v) is 7.36. The zero-order valence-electron chi connectivity index (χ0n) is 13.0. The van der Waals surface area contributed by atoms with Gasteiger partial charge in [0, 0.05) is 24.1 Å². The largest absolute Gasteiger partial charge is 0.378 e. The first-order chi connectivity index (χ1) is 9.17. The van der Waals surface area contributed by atoms with E-state index in [0.717, 1.165) is 30.5 Å². The highest BCUT2D eigenvalue weighted by atomic mass is 16.5. The zero-order valence-corrected chi connectivity index (χ0v) is 13.0. The summed E-state index contributed by atoms with van der Waals surface area (Å²) in [5.74, 6) is 1.75. The molecule has 2 heteroatoms. The van der Waals surface area contributed by atoms with Crippen molar-refractivity contribution in [3.05, 3.63) is 0 Å². The minimum atomic E-state index is 0.502. The highest BCUT2D eigenvalue weighted by molar-refractivity contribution is 5.11. The Labute approximate surface area is 118 Å². The van der Waals surface area contributed by atoms with Gasteiger partial charge in [-0.3, -0.25) is 0 Å². The van der Waals surface area contributed by atoms with Crippen LogP contribution >= 0.6 is 0 Å². The van der Waals surface area contributed by atoms with Crippen LogP contribution in [0.25, 0.3) is 0 Å². The predicted octanol–water partition coefficient (Wildman–Crippen LogP) is 3.75. The van der Waals surface area contributed by atoms with E-state index in [9.17, 15) is 0 Å². The lowest BCUT2D eigenvalue weighted by atomic mass is 9.60. The Morgan fingerprint density at radius 2 is 1.89 bits per heavy atom. The fourth-order valence-electron chi connectivity index (χ4n) is 4.98. The third kappa shape index (κ3) is 2.25. The Hall–Kier alpha value is -0.0800. The van der Waals surface area contributed by atoms with E-state index in [1.807, 2.05) is 0 Å². The van der Waals surface area contributed by atoms with Gasteiger partial charge in [-0.1, -0.05) is 26.7 Å². The van der Waals surface area contributed by atoms with E-state index in [2.05, 4.69) is 26.1 Å². The van der Waals surface area contributed by atoms with Crippen LogP contribution in [0.4, 0.5) is 0 Å². The van der Waals surface area contributed by atoms with Crippen LogP contribution in [0.15, 0.2) is 0 Å². The molecule has 110 valence electrons. The molecule has 0 radical (unpaired) electrons. The molecule has 0 aromatic rings. The monoisotopic (exact) mass is 265 g/mol. The Morgan fingerprint density at radius 1 is 1.16 bits per heavy atom. The number of hydrogen-bond donors (Lipinski definition) is 1. The molecule has 3 rings (SSSR count). The molecule has 2 nitrogen and oxygen atoms in total. The van der Waals surface area contributed by atoms with Crippen molar-refractivity contribution >= 4 is 0 Å². The molecular formula is C17H31NO. The van der Waals surface area contributed by atoms with Crippen molar-refractivity contribution in [3.8, 4) is 0 Å². The summed E-state index contributed by atoms with van der Waals surface area (Å²) in [5.41, 5.74) is 0.502. The van der Waals surface area contributed by atoms with Gasteiger partial charge in [-0.25, -0.2) is 0 Å². The van der Waals surface area contributed by atoms with Gasteiger partial charge in [0.05, 0.1) is 6.10 Å². The summed E-state index contributed by atoms with van der Waals surface area (Å²) in [6.07, 6.45) is 10.2. The van der Waals surface area contributed by atoms with Gasteiger partial charge < -0.3 is 10.1 Å². The highest BCUT2D eigenvalue weighted by Gasteiger charge is 2.57. The number of rotatable bonds is 4. The standard InChI is InChI=1S/C17H31NO/c1-4-19-16-11-15(17(16)9-5-6-10-17)18-14-8-7-12(2)13(14)3/h12-16,18H,4-11H2,1-3H3. The maximum absolute atomic E-state index is 6.02. The molecule has 3 aliphatic rings. The van der Waals surface area contributed by atoms with Gasteiger partial charge in [0.15, 0.2) is 0 Å². The van der Waals surface area contributed by atoms with Crippen LogP contribution in [0.2, 0.25) is 0 Å². The van der Waals surface area contributed by atoms with E-state index in [1.54, 1.807) is 0 Å². The summed E-state index contributed by atoms with van der Waals surface area (Å²) in [7, 11) is 0.